The Labute approximate surface area is 491 Å². The number of thiophene rings is 1. The molecule has 5 amide bonds. The fourth-order valence-corrected chi connectivity index (χ4v) is 11.1. The Bertz CT molecular complexity index is 2710. The zero-order valence-electron chi connectivity index (χ0n) is 49.5. The number of amidine groups is 1. The van der Waals surface area contributed by atoms with Crippen LogP contribution in [0.4, 0.5) is 13.2 Å². The van der Waals surface area contributed by atoms with Crippen molar-refractivity contribution >= 4 is 58.6 Å². The molecule has 21 heteroatoms. The Morgan fingerprint density at radius 3 is 1.92 bits per heavy atom. The standard InChI is InChI=1S/C62H88F3N7O10S/c1-41(50-35-43(38-83-50)55(66)67)70-57(78)49-36-61(63,39-72(49)53(75)37-69-56(77)42-28-29-47-45(34-42)44-24-22-23-25-46(44)62(47,64)65)40-80-33-32-68-51(73)31-30-48(58(79)82-60(5,6)7)71-52(74)26-20-18-16-14-12-10-8-9-11-13-15-17-19-21-27-54(76)81-59(2,3)4/h22-25,28-29,34-35,38,41,48-49H,8-21,26-27,30-33,36-37,39-40H2,1-7H3,(H3,66,67)(H,68,73)(H,69,77)(H,70,78)(H,71,74)/t41?,48?,49-,61+/m0/s1. The molecule has 1 aliphatic heterocycles. The minimum atomic E-state index is -3.26. The topological polar surface area (TPSA) is 248 Å². The molecule has 83 heavy (non-hydrogen) atoms. The van der Waals surface area contributed by atoms with Crippen molar-refractivity contribution in [2.24, 2.45) is 5.73 Å². The number of hydrogen-bond donors (Lipinski definition) is 6. The van der Waals surface area contributed by atoms with Crippen LogP contribution < -0.4 is 27.0 Å². The van der Waals surface area contributed by atoms with E-state index >= 15 is 13.2 Å². The predicted molar refractivity (Wildman–Crippen MR) is 314 cm³/mol. The van der Waals surface area contributed by atoms with E-state index in [0.717, 1.165) is 49.8 Å². The van der Waals surface area contributed by atoms with Crippen molar-refractivity contribution in [3.8, 4) is 11.1 Å². The minimum Gasteiger partial charge on any atom is -0.460 e. The van der Waals surface area contributed by atoms with E-state index in [2.05, 4.69) is 21.3 Å². The van der Waals surface area contributed by atoms with Crippen LogP contribution in [0.5, 0.6) is 0 Å². The van der Waals surface area contributed by atoms with Gasteiger partial charge < -0.3 is 46.1 Å². The highest BCUT2D eigenvalue weighted by atomic mass is 32.1. The number of alkyl halides is 3. The summed E-state index contributed by atoms with van der Waals surface area (Å²) >= 11 is 1.25. The maximum atomic E-state index is 16.8. The molecule has 2 heterocycles. The van der Waals surface area contributed by atoms with E-state index in [4.69, 9.17) is 25.4 Å². The van der Waals surface area contributed by atoms with Crippen molar-refractivity contribution in [1.82, 2.24) is 26.2 Å². The van der Waals surface area contributed by atoms with Gasteiger partial charge in [0.2, 0.25) is 23.6 Å². The number of nitrogen functional groups attached to an aromatic ring is 1. The van der Waals surface area contributed by atoms with E-state index in [9.17, 15) is 33.6 Å². The second-order valence-electron chi connectivity index (χ2n) is 24.0. The first kappa shape index (κ1) is 67.4. The van der Waals surface area contributed by atoms with Crippen LogP contribution >= 0.6 is 11.3 Å². The third-order valence-corrected chi connectivity index (χ3v) is 15.5. The summed E-state index contributed by atoms with van der Waals surface area (Å²) in [5, 5.41) is 20.2. The van der Waals surface area contributed by atoms with Crippen LogP contribution in [0.2, 0.25) is 0 Å². The number of halogens is 3. The van der Waals surface area contributed by atoms with Gasteiger partial charge in [-0.1, -0.05) is 107 Å². The lowest BCUT2D eigenvalue weighted by Crippen LogP contribution is -2.49. The van der Waals surface area contributed by atoms with E-state index in [1.165, 1.54) is 86.3 Å². The number of rotatable bonds is 34. The predicted octanol–water partition coefficient (Wildman–Crippen LogP) is 10.4. The van der Waals surface area contributed by atoms with Crippen LogP contribution in [0.15, 0.2) is 53.9 Å². The lowest BCUT2D eigenvalue weighted by molar-refractivity contribution is -0.159. The molecule has 2 aliphatic rings. The smallest absolute Gasteiger partial charge is 0.329 e. The number of esters is 2. The molecule has 3 aromatic rings. The highest BCUT2D eigenvalue weighted by molar-refractivity contribution is 7.10. The third-order valence-electron chi connectivity index (χ3n) is 14.4. The molecule has 2 unspecified atom stereocenters. The van der Waals surface area contributed by atoms with E-state index in [1.54, 1.807) is 45.2 Å². The summed E-state index contributed by atoms with van der Waals surface area (Å²) in [7, 11) is 0. The molecule has 5 rings (SSSR count). The monoisotopic (exact) mass is 1180 g/mol. The van der Waals surface area contributed by atoms with Gasteiger partial charge in [-0.05, 0) is 97.1 Å². The maximum absolute atomic E-state index is 16.8. The number of benzene rings is 2. The largest absolute Gasteiger partial charge is 0.460 e. The number of ether oxygens (including phenoxy) is 3. The normalized spacial score (nSPS) is 16.9. The second kappa shape index (κ2) is 31.5. The van der Waals surface area contributed by atoms with Gasteiger partial charge in [0.15, 0.2) is 5.67 Å². The number of likely N-dealkylation sites (tertiary alicyclic amines) is 1. The number of amides is 5. The van der Waals surface area contributed by atoms with Gasteiger partial charge in [-0.15, -0.1) is 11.3 Å². The van der Waals surface area contributed by atoms with Crippen molar-refractivity contribution in [3.63, 3.8) is 0 Å². The molecule has 0 radical (unpaired) electrons. The zero-order valence-corrected chi connectivity index (χ0v) is 50.4. The minimum absolute atomic E-state index is 0.0133. The quantitative estimate of drug-likeness (QED) is 0.0142. The number of nitrogens with two attached hydrogens (primary N) is 1. The van der Waals surface area contributed by atoms with Crippen LogP contribution in [0.1, 0.15) is 208 Å². The van der Waals surface area contributed by atoms with E-state index in [-0.39, 0.29) is 77.9 Å². The van der Waals surface area contributed by atoms with Gasteiger partial charge in [-0.3, -0.25) is 34.2 Å². The van der Waals surface area contributed by atoms with Gasteiger partial charge >= 0.3 is 11.9 Å². The molecule has 7 N–H and O–H groups in total. The third kappa shape index (κ3) is 22.0. The number of carbonyl (C=O) groups excluding carboxylic acids is 7. The molecule has 1 aliphatic carbocycles. The molecule has 2 aromatic carbocycles. The fourth-order valence-electron chi connectivity index (χ4n) is 10.2. The summed E-state index contributed by atoms with van der Waals surface area (Å²) in [4.78, 5) is 93.8. The lowest BCUT2D eigenvalue weighted by atomic mass is 10.0. The Morgan fingerprint density at radius 1 is 0.723 bits per heavy atom. The second-order valence-corrected chi connectivity index (χ2v) is 24.9. The lowest BCUT2D eigenvalue weighted by Gasteiger charge is -2.25. The molecule has 0 bridgehead atoms. The summed E-state index contributed by atoms with van der Waals surface area (Å²) < 4.78 is 63.8. The van der Waals surface area contributed by atoms with Crippen molar-refractivity contribution < 1.29 is 60.9 Å². The van der Waals surface area contributed by atoms with Crippen LogP contribution in [0.25, 0.3) is 11.1 Å². The molecular formula is C62H88F3N7O10S. The Kier molecular flexibility index (Phi) is 25.6. The van der Waals surface area contributed by atoms with Gasteiger partial charge in [0.1, 0.15) is 29.1 Å². The molecule has 1 saturated heterocycles. The summed E-state index contributed by atoms with van der Waals surface area (Å²) in [5.74, 6) is -7.18. The Morgan fingerprint density at radius 2 is 1.31 bits per heavy atom. The number of fused-ring (bicyclic) bond motifs is 3. The number of nitrogens with zero attached hydrogens (tertiary/aromatic N) is 1. The first-order valence-corrected chi connectivity index (χ1v) is 30.2. The molecule has 0 spiro atoms. The summed E-state index contributed by atoms with van der Waals surface area (Å²) in [6.07, 6.45) is 15.1. The van der Waals surface area contributed by atoms with Gasteiger partial charge in [0, 0.05) is 64.7 Å². The van der Waals surface area contributed by atoms with Gasteiger partial charge in [-0.25, -0.2) is 9.18 Å². The summed E-state index contributed by atoms with van der Waals surface area (Å²) in [5.41, 5.74) is 2.62. The average molecular weight is 1180 g/mol. The molecule has 1 aromatic heterocycles. The van der Waals surface area contributed by atoms with Crippen molar-refractivity contribution in [1.29, 1.82) is 5.41 Å². The van der Waals surface area contributed by atoms with Crippen LogP contribution in [-0.4, -0.2) is 114 Å². The highest BCUT2D eigenvalue weighted by Crippen LogP contribution is 2.51. The molecule has 17 nitrogen and oxygen atoms in total. The van der Waals surface area contributed by atoms with Gasteiger partial charge in [0.25, 0.3) is 11.8 Å². The Balaban J connectivity index is 1.02. The molecule has 1 fully saturated rings. The van der Waals surface area contributed by atoms with Crippen molar-refractivity contribution in [2.45, 2.75) is 211 Å². The van der Waals surface area contributed by atoms with Crippen molar-refractivity contribution in [3.05, 3.63) is 81.0 Å². The van der Waals surface area contributed by atoms with Crippen molar-refractivity contribution in [2.75, 3.05) is 32.8 Å². The van der Waals surface area contributed by atoms with E-state index < -0.39 is 96.6 Å². The number of unbranched alkanes of at least 4 members (excludes halogenated alkanes) is 13. The molecular weight excluding hydrogens is 1090 g/mol. The average Bonchev–Trinajstić information content (AvgIpc) is 2.14. The maximum Gasteiger partial charge on any atom is 0.329 e. The number of nitrogens with one attached hydrogen (secondary N) is 5. The fraction of sp³-hybridized carbons (Fsp3) is 0.613. The Hall–Kier alpha value is -6.35. The first-order chi connectivity index (χ1) is 39.2. The molecule has 458 valence electrons. The SMILES string of the molecule is CC(NC(=O)[C@@H]1C[C@](F)(COCCNC(=O)CCC(NC(=O)CCCCCCCCCCCCCCCCC(=O)OC(C)(C)C)C(=O)OC(C)(C)C)CN1C(=O)CNC(=O)c1ccc2c(c1)-c1ccccc1C2(F)F)c1cc(C(=N)N)cs1. The van der Waals surface area contributed by atoms with Crippen LogP contribution in [0.3, 0.4) is 0 Å². The highest BCUT2D eigenvalue weighted by Gasteiger charge is 2.50. The molecule has 0 saturated carbocycles. The zero-order chi connectivity index (χ0) is 61.0. The summed E-state index contributed by atoms with van der Waals surface area (Å²) in [6.45, 7) is 10.5. The number of carbonyl (C=O) groups is 7. The van der Waals surface area contributed by atoms with Gasteiger partial charge in [-0.2, -0.15) is 8.78 Å². The van der Waals surface area contributed by atoms with Gasteiger partial charge in [0.05, 0.1) is 32.3 Å². The van der Waals surface area contributed by atoms with E-state index in [0.29, 0.717) is 23.3 Å². The van der Waals surface area contributed by atoms with Crippen LogP contribution in [0, 0.1) is 5.41 Å². The summed E-state index contributed by atoms with van der Waals surface area (Å²) in [6, 6.07) is 8.35. The first-order valence-electron chi connectivity index (χ1n) is 29.4. The molecule has 4 atom stereocenters. The van der Waals surface area contributed by atoms with E-state index in [1.807, 2.05) is 20.8 Å². The number of hydrogen-bond acceptors (Lipinski definition) is 12. The van der Waals surface area contributed by atoms with Crippen LogP contribution in [-0.2, 0) is 48.9 Å².